The Hall–Kier alpha value is -1.91. The van der Waals surface area contributed by atoms with Gasteiger partial charge in [-0.1, -0.05) is 49.7 Å². The van der Waals surface area contributed by atoms with Gasteiger partial charge in [0.15, 0.2) is 0 Å². The van der Waals surface area contributed by atoms with E-state index < -0.39 is 0 Å². The molecule has 1 N–H and O–H groups in total. The van der Waals surface area contributed by atoms with Crippen LogP contribution in [0.4, 0.5) is 10.1 Å². The van der Waals surface area contributed by atoms with E-state index in [1.165, 1.54) is 6.07 Å². The van der Waals surface area contributed by atoms with Crippen LogP contribution >= 0.6 is 11.6 Å². The summed E-state index contributed by atoms with van der Waals surface area (Å²) in [7, 11) is 1.76. The summed E-state index contributed by atoms with van der Waals surface area (Å²) in [6.45, 7) is 4.58. The molecule has 2 rings (SSSR count). The Kier molecular flexibility index (Phi) is 6.35. The molecule has 0 radical (unpaired) electrons. The molecule has 128 valence electrons. The molecule has 0 aliphatic rings. The van der Waals surface area contributed by atoms with Crippen molar-refractivity contribution < 1.29 is 9.18 Å². The van der Waals surface area contributed by atoms with Gasteiger partial charge in [-0.05, 0) is 36.7 Å². The average molecular weight is 349 g/mol. The Labute approximate surface area is 147 Å². The van der Waals surface area contributed by atoms with Crippen LogP contribution in [-0.4, -0.2) is 24.4 Å². The van der Waals surface area contributed by atoms with Gasteiger partial charge in [-0.15, -0.1) is 0 Å². The second-order valence-corrected chi connectivity index (χ2v) is 6.57. The highest BCUT2D eigenvalue weighted by molar-refractivity contribution is 6.31. The van der Waals surface area contributed by atoms with E-state index in [0.29, 0.717) is 16.5 Å². The second kappa shape index (κ2) is 8.27. The maximum atomic E-state index is 13.8. The van der Waals surface area contributed by atoms with Gasteiger partial charge in [-0.25, -0.2) is 4.39 Å². The highest BCUT2D eigenvalue weighted by atomic mass is 35.5. The molecule has 24 heavy (non-hydrogen) atoms. The van der Waals surface area contributed by atoms with Crippen molar-refractivity contribution in [1.82, 2.24) is 4.90 Å². The quantitative estimate of drug-likeness (QED) is 0.822. The van der Waals surface area contributed by atoms with E-state index in [0.717, 1.165) is 11.3 Å². The van der Waals surface area contributed by atoms with E-state index in [9.17, 15) is 9.18 Å². The lowest BCUT2D eigenvalue weighted by Gasteiger charge is -2.19. The molecule has 2 aromatic carbocycles. The van der Waals surface area contributed by atoms with Gasteiger partial charge < -0.3 is 5.32 Å². The molecule has 0 aromatic heterocycles. The van der Waals surface area contributed by atoms with E-state index in [4.69, 9.17) is 11.6 Å². The number of amides is 1. The van der Waals surface area contributed by atoms with Gasteiger partial charge in [0.2, 0.25) is 5.91 Å². The van der Waals surface area contributed by atoms with E-state index in [2.05, 4.69) is 19.2 Å². The lowest BCUT2D eigenvalue weighted by molar-refractivity contribution is -0.117. The van der Waals surface area contributed by atoms with Crippen LogP contribution < -0.4 is 5.32 Å². The smallest absolute Gasteiger partial charge is 0.238 e. The van der Waals surface area contributed by atoms with Gasteiger partial charge in [-0.3, -0.25) is 9.69 Å². The number of halogens is 2. The van der Waals surface area contributed by atoms with Crippen molar-refractivity contribution in [3.8, 4) is 0 Å². The van der Waals surface area contributed by atoms with E-state index >= 15 is 0 Å². The Bertz CT molecular complexity index is 698. The second-order valence-electron chi connectivity index (χ2n) is 6.16. The highest BCUT2D eigenvalue weighted by Gasteiger charge is 2.14. The van der Waals surface area contributed by atoms with Crippen molar-refractivity contribution >= 4 is 23.2 Å². The number of nitrogens with one attached hydrogen (secondary N) is 1. The van der Waals surface area contributed by atoms with Gasteiger partial charge in [0.25, 0.3) is 0 Å². The van der Waals surface area contributed by atoms with Crippen LogP contribution in [0.3, 0.4) is 0 Å². The van der Waals surface area contributed by atoms with Crippen LogP contribution in [0.2, 0.25) is 5.02 Å². The number of anilines is 1. The zero-order valence-electron chi connectivity index (χ0n) is 14.1. The Balaban J connectivity index is 2.00. The van der Waals surface area contributed by atoms with Gasteiger partial charge in [-0.2, -0.15) is 0 Å². The van der Waals surface area contributed by atoms with Gasteiger partial charge in [0, 0.05) is 22.8 Å². The van der Waals surface area contributed by atoms with E-state index in [-0.39, 0.29) is 24.8 Å². The fourth-order valence-corrected chi connectivity index (χ4v) is 2.78. The molecular weight excluding hydrogens is 327 g/mol. The van der Waals surface area contributed by atoms with Crippen LogP contribution in [0.1, 0.15) is 30.9 Å². The van der Waals surface area contributed by atoms with Crippen molar-refractivity contribution in [1.29, 1.82) is 0 Å². The van der Waals surface area contributed by atoms with E-state index in [1.807, 2.05) is 24.3 Å². The van der Waals surface area contributed by atoms with Crippen molar-refractivity contribution in [3.05, 3.63) is 64.4 Å². The molecule has 5 heteroatoms. The molecule has 0 spiro atoms. The predicted octanol–water partition coefficient (Wildman–Crippen LogP) is 4.67. The summed E-state index contributed by atoms with van der Waals surface area (Å²) >= 11 is 6.03. The fraction of sp³-hybridized carbons (Fsp3) is 0.316. The van der Waals surface area contributed by atoms with Gasteiger partial charge in [0.1, 0.15) is 5.82 Å². The highest BCUT2D eigenvalue weighted by Crippen LogP contribution is 2.24. The first kappa shape index (κ1) is 18.4. The summed E-state index contributed by atoms with van der Waals surface area (Å²) in [4.78, 5) is 14.0. The number of nitrogens with zero attached hydrogens (tertiary/aromatic N) is 1. The van der Waals surface area contributed by atoms with Crippen molar-refractivity contribution in [2.24, 2.45) is 0 Å². The van der Waals surface area contributed by atoms with Crippen LogP contribution in [0.25, 0.3) is 0 Å². The third-order valence-electron chi connectivity index (χ3n) is 3.76. The van der Waals surface area contributed by atoms with Crippen LogP contribution in [-0.2, 0) is 11.3 Å². The first-order valence-electron chi connectivity index (χ1n) is 7.88. The van der Waals surface area contributed by atoms with Crippen molar-refractivity contribution in [2.75, 3.05) is 18.9 Å². The summed E-state index contributed by atoms with van der Waals surface area (Å²) in [5.41, 5.74) is 2.30. The molecular formula is C19H22ClFN2O. The van der Waals surface area contributed by atoms with Gasteiger partial charge >= 0.3 is 0 Å². The molecule has 0 fully saturated rings. The number of likely N-dealkylation sites (N-methyl/N-ethyl adjacent to an activating group) is 1. The third-order valence-corrected chi connectivity index (χ3v) is 4.11. The molecule has 0 heterocycles. The van der Waals surface area contributed by atoms with Crippen LogP contribution in [0.15, 0.2) is 42.5 Å². The molecule has 0 unspecified atom stereocenters. The Morgan fingerprint density at radius 1 is 1.21 bits per heavy atom. The number of carbonyl (C=O) groups excluding carboxylic acids is 1. The lowest BCUT2D eigenvalue weighted by Crippen LogP contribution is -2.30. The Morgan fingerprint density at radius 3 is 2.58 bits per heavy atom. The van der Waals surface area contributed by atoms with Gasteiger partial charge in [0.05, 0.1) is 6.54 Å². The number of carbonyl (C=O) groups is 1. The first-order chi connectivity index (χ1) is 11.4. The zero-order valence-corrected chi connectivity index (χ0v) is 14.9. The monoisotopic (exact) mass is 348 g/mol. The zero-order chi connectivity index (χ0) is 17.7. The Morgan fingerprint density at radius 2 is 1.92 bits per heavy atom. The summed E-state index contributed by atoms with van der Waals surface area (Å²) in [5, 5.41) is 3.30. The first-order valence-corrected chi connectivity index (χ1v) is 8.26. The molecule has 0 bridgehead atoms. The molecule has 0 aliphatic carbocycles. The molecule has 0 aliphatic heterocycles. The minimum atomic E-state index is -0.361. The van der Waals surface area contributed by atoms with Crippen LogP contribution in [0.5, 0.6) is 0 Å². The average Bonchev–Trinajstić information content (AvgIpc) is 2.51. The van der Waals surface area contributed by atoms with Crippen molar-refractivity contribution in [3.63, 3.8) is 0 Å². The lowest BCUT2D eigenvalue weighted by atomic mass is 10.0. The standard InChI is InChI=1S/C19H22ClFN2O/c1-13(2)14-7-4-5-10-18(14)22-19(24)12-23(3)11-15-16(20)8-6-9-17(15)21/h4-10,13H,11-12H2,1-3H3,(H,22,24). The minimum absolute atomic E-state index is 0.141. The number of rotatable bonds is 6. The van der Waals surface area contributed by atoms with E-state index in [1.54, 1.807) is 24.1 Å². The number of para-hydroxylation sites is 1. The number of hydrogen-bond donors (Lipinski definition) is 1. The molecule has 2 aromatic rings. The molecule has 0 saturated heterocycles. The molecule has 1 amide bonds. The molecule has 0 saturated carbocycles. The maximum Gasteiger partial charge on any atom is 0.238 e. The minimum Gasteiger partial charge on any atom is -0.325 e. The van der Waals surface area contributed by atoms with Crippen LogP contribution in [0, 0.1) is 5.82 Å². The predicted molar refractivity (Wildman–Crippen MR) is 96.9 cm³/mol. The molecule has 3 nitrogen and oxygen atoms in total. The fourth-order valence-electron chi connectivity index (χ4n) is 2.56. The SMILES string of the molecule is CC(C)c1ccccc1NC(=O)CN(C)Cc1c(F)cccc1Cl. The molecule has 0 atom stereocenters. The largest absolute Gasteiger partial charge is 0.325 e. The summed E-state index contributed by atoms with van der Waals surface area (Å²) in [5.74, 6) is -0.186. The number of benzene rings is 2. The number of hydrogen-bond acceptors (Lipinski definition) is 2. The summed E-state index contributed by atoms with van der Waals surface area (Å²) in [6.07, 6.45) is 0. The normalized spacial score (nSPS) is 11.1. The summed E-state index contributed by atoms with van der Waals surface area (Å²) in [6, 6.07) is 12.3. The third kappa shape index (κ3) is 4.79. The van der Waals surface area contributed by atoms with Crippen molar-refractivity contribution in [2.45, 2.75) is 26.3 Å². The summed E-state index contributed by atoms with van der Waals surface area (Å²) < 4.78 is 13.8. The topological polar surface area (TPSA) is 32.3 Å². The maximum absolute atomic E-state index is 13.8.